The Bertz CT molecular complexity index is 568. The minimum absolute atomic E-state index is 0.304. The van der Waals surface area contributed by atoms with Gasteiger partial charge in [-0.3, -0.25) is 0 Å². The second-order valence-corrected chi connectivity index (χ2v) is 4.59. The second kappa shape index (κ2) is 3.82. The van der Waals surface area contributed by atoms with E-state index >= 15 is 0 Å². The highest BCUT2D eigenvalue weighted by Gasteiger charge is 2.44. The van der Waals surface area contributed by atoms with Crippen molar-refractivity contribution in [3.63, 3.8) is 0 Å². The lowest BCUT2D eigenvalue weighted by molar-refractivity contribution is -0.185. The van der Waals surface area contributed by atoms with E-state index in [1.165, 1.54) is 0 Å². The van der Waals surface area contributed by atoms with Crippen LogP contribution >= 0.6 is 0 Å². The van der Waals surface area contributed by atoms with Crippen LogP contribution in [0.3, 0.4) is 0 Å². The number of ether oxygens (including phenoxy) is 4. The summed E-state index contributed by atoms with van der Waals surface area (Å²) in [4.78, 5) is 0. The molecule has 19 heavy (non-hydrogen) atoms. The number of benzene rings is 2. The van der Waals surface area contributed by atoms with Gasteiger partial charge in [-0.25, -0.2) is 0 Å². The van der Waals surface area contributed by atoms with Crippen LogP contribution in [0.4, 0.5) is 0 Å². The van der Waals surface area contributed by atoms with Crippen LogP contribution in [-0.4, -0.2) is 19.0 Å². The predicted molar refractivity (Wildman–Crippen MR) is 67.9 cm³/mol. The van der Waals surface area contributed by atoms with Crippen molar-refractivity contribution in [3.8, 4) is 23.0 Å². The quantitative estimate of drug-likeness (QED) is 0.726. The fraction of sp³-hybridized carbons (Fsp3) is 0.200. The summed E-state index contributed by atoms with van der Waals surface area (Å²) in [5, 5.41) is 0. The minimum Gasteiger partial charge on any atom is -0.481 e. The van der Waals surface area contributed by atoms with Crippen LogP contribution in [0.5, 0.6) is 23.0 Å². The number of rotatable bonds is 0. The van der Waals surface area contributed by atoms with E-state index in [0.717, 1.165) is 11.5 Å². The maximum absolute atomic E-state index is 5.95. The molecule has 0 radical (unpaired) electrons. The molecule has 0 atom stereocenters. The van der Waals surface area contributed by atoms with Crippen molar-refractivity contribution in [2.45, 2.75) is 5.79 Å². The minimum atomic E-state index is -0.900. The van der Waals surface area contributed by atoms with Crippen molar-refractivity contribution in [3.05, 3.63) is 48.5 Å². The van der Waals surface area contributed by atoms with E-state index in [2.05, 4.69) is 0 Å². The van der Waals surface area contributed by atoms with E-state index < -0.39 is 5.79 Å². The number of hydrogen-bond donors (Lipinski definition) is 0. The number of para-hydroxylation sites is 4. The summed E-state index contributed by atoms with van der Waals surface area (Å²) >= 11 is 0. The smallest absolute Gasteiger partial charge is 0.320 e. The van der Waals surface area contributed by atoms with Gasteiger partial charge in [0, 0.05) is 0 Å². The van der Waals surface area contributed by atoms with Gasteiger partial charge in [0.05, 0.1) is 0 Å². The van der Waals surface area contributed by atoms with Crippen molar-refractivity contribution in [1.82, 2.24) is 0 Å². The Hall–Kier alpha value is -2.36. The second-order valence-electron chi connectivity index (χ2n) is 4.59. The van der Waals surface area contributed by atoms with Gasteiger partial charge in [0.1, 0.15) is 0 Å². The lowest BCUT2D eigenvalue weighted by atomic mass is 10.2. The standard InChI is InChI=1S/C15H12O4/c1-3-7-13-11(5-1)16-9-15(18-13)10-17-12-6-2-4-8-14(12)19-15/h1-8H,9-10H2. The lowest BCUT2D eigenvalue weighted by Crippen LogP contribution is -2.56. The molecule has 2 aliphatic heterocycles. The first kappa shape index (κ1) is 10.6. The number of fused-ring (bicyclic) bond motifs is 2. The average Bonchev–Trinajstić information content (AvgIpc) is 2.47. The van der Waals surface area contributed by atoms with Gasteiger partial charge in [0.25, 0.3) is 0 Å². The van der Waals surface area contributed by atoms with E-state index in [1.54, 1.807) is 0 Å². The van der Waals surface area contributed by atoms with Gasteiger partial charge in [-0.1, -0.05) is 24.3 Å². The molecule has 1 spiro atoms. The van der Waals surface area contributed by atoms with Gasteiger partial charge in [-0.05, 0) is 24.3 Å². The molecule has 0 saturated carbocycles. The van der Waals surface area contributed by atoms with Gasteiger partial charge in [0.15, 0.2) is 36.2 Å². The van der Waals surface area contributed by atoms with Gasteiger partial charge < -0.3 is 18.9 Å². The molecule has 4 nitrogen and oxygen atoms in total. The first-order valence-electron chi connectivity index (χ1n) is 6.16. The third-order valence-corrected chi connectivity index (χ3v) is 3.19. The van der Waals surface area contributed by atoms with E-state index in [4.69, 9.17) is 18.9 Å². The van der Waals surface area contributed by atoms with E-state index in [0.29, 0.717) is 24.7 Å². The van der Waals surface area contributed by atoms with Crippen molar-refractivity contribution in [2.24, 2.45) is 0 Å². The summed E-state index contributed by atoms with van der Waals surface area (Å²) in [6, 6.07) is 15.1. The Morgan fingerprint density at radius 2 is 1.05 bits per heavy atom. The maximum Gasteiger partial charge on any atom is 0.320 e. The SMILES string of the molecule is c1ccc2c(c1)OCC1(COc3ccccc3O1)O2. The molecule has 2 heterocycles. The van der Waals surface area contributed by atoms with Crippen LogP contribution in [0, 0.1) is 0 Å². The topological polar surface area (TPSA) is 36.9 Å². The Labute approximate surface area is 110 Å². The molecule has 0 bridgehead atoms. The van der Waals surface area contributed by atoms with Crippen molar-refractivity contribution >= 4 is 0 Å². The summed E-state index contributed by atoms with van der Waals surface area (Å²) < 4.78 is 23.3. The molecule has 2 aromatic rings. The Morgan fingerprint density at radius 1 is 0.632 bits per heavy atom. The zero-order valence-electron chi connectivity index (χ0n) is 10.2. The maximum atomic E-state index is 5.95. The normalized spacial score (nSPS) is 18.1. The zero-order valence-corrected chi connectivity index (χ0v) is 10.2. The summed E-state index contributed by atoms with van der Waals surface area (Å²) in [6.45, 7) is 0.608. The van der Waals surface area contributed by atoms with E-state index in [9.17, 15) is 0 Å². The molecule has 0 fully saturated rings. The molecule has 4 heteroatoms. The van der Waals surface area contributed by atoms with E-state index in [-0.39, 0.29) is 0 Å². The van der Waals surface area contributed by atoms with Gasteiger partial charge >= 0.3 is 5.79 Å². The molecular weight excluding hydrogens is 244 g/mol. The summed E-state index contributed by atoms with van der Waals surface area (Å²) in [5.41, 5.74) is 0. The highest BCUT2D eigenvalue weighted by atomic mass is 16.8. The summed E-state index contributed by atoms with van der Waals surface area (Å²) in [6.07, 6.45) is 0. The average molecular weight is 256 g/mol. The number of hydrogen-bond acceptors (Lipinski definition) is 4. The first-order chi connectivity index (χ1) is 9.35. The molecule has 2 aliphatic rings. The van der Waals surface area contributed by atoms with Crippen molar-refractivity contribution in [2.75, 3.05) is 13.2 Å². The molecule has 4 rings (SSSR count). The van der Waals surface area contributed by atoms with Gasteiger partial charge in [0.2, 0.25) is 0 Å². The summed E-state index contributed by atoms with van der Waals surface area (Å²) in [7, 11) is 0. The van der Waals surface area contributed by atoms with Crippen LogP contribution in [0.15, 0.2) is 48.5 Å². The van der Waals surface area contributed by atoms with Gasteiger partial charge in [-0.2, -0.15) is 0 Å². The van der Waals surface area contributed by atoms with Crippen LogP contribution in [-0.2, 0) is 0 Å². The third-order valence-electron chi connectivity index (χ3n) is 3.19. The fourth-order valence-corrected chi connectivity index (χ4v) is 2.26. The summed E-state index contributed by atoms with van der Waals surface area (Å²) in [5.74, 6) is 1.92. The highest BCUT2D eigenvalue weighted by molar-refractivity contribution is 5.44. The molecule has 0 amide bonds. The highest BCUT2D eigenvalue weighted by Crippen LogP contribution is 2.40. The Balaban J connectivity index is 1.68. The molecule has 96 valence electrons. The fourth-order valence-electron chi connectivity index (χ4n) is 2.26. The van der Waals surface area contributed by atoms with Crippen molar-refractivity contribution in [1.29, 1.82) is 0 Å². The van der Waals surface area contributed by atoms with E-state index in [1.807, 2.05) is 48.5 Å². The molecule has 2 aromatic carbocycles. The molecule has 0 N–H and O–H groups in total. The predicted octanol–water partition coefficient (Wildman–Crippen LogP) is 2.63. The monoisotopic (exact) mass is 256 g/mol. The van der Waals surface area contributed by atoms with Crippen LogP contribution in [0.1, 0.15) is 0 Å². The first-order valence-corrected chi connectivity index (χ1v) is 6.16. The van der Waals surface area contributed by atoms with Crippen molar-refractivity contribution < 1.29 is 18.9 Å². The Kier molecular flexibility index (Phi) is 2.12. The molecule has 0 saturated heterocycles. The molecule has 0 aromatic heterocycles. The van der Waals surface area contributed by atoms with Crippen LogP contribution in [0.25, 0.3) is 0 Å². The van der Waals surface area contributed by atoms with Gasteiger partial charge in [-0.15, -0.1) is 0 Å². The molecular formula is C15H12O4. The van der Waals surface area contributed by atoms with Crippen LogP contribution in [0.2, 0.25) is 0 Å². The molecule has 0 unspecified atom stereocenters. The largest absolute Gasteiger partial charge is 0.481 e. The third kappa shape index (κ3) is 1.68. The van der Waals surface area contributed by atoms with Crippen LogP contribution < -0.4 is 18.9 Å². The zero-order chi connectivity index (χ0) is 12.7. The Morgan fingerprint density at radius 3 is 1.53 bits per heavy atom. The lowest BCUT2D eigenvalue weighted by Gasteiger charge is -2.40. The molecule has 0 aliphatic carbocycles.